The maximum Gasteiger partial charge on any atom is 0.0868 e. The Labute approximate surface area is 137 Å². The molecule has 0 spiro atoms. The molecule has 1 aliphatic heterocycles. The number of fused-ring (bicyclic) bond motifs is 1. The van der Waals surface area contributed by atoms with Gasteiger partial charge in [0.25, 0.3) is 0 Å². The zero-order chi connectivity index (χ0) is 12.9. The molecule has 120 valence electrons. The minimum absolute atomic E-state index is 0. The molecule has 0 aliphatic carbocycles. The molecule has 2 nitrogen and oxygen atoms in total. The van der Waals surface area contributed by atoms with E-state index in [1.165, 1.54) is 40.0 Å². The molecule has 0 radical (unpaired) electrons. The van der Waals surface area contributed by atoms with Gasteiger partial charge in [-0.1, -0.05) is 27.7 Å². The third kappa shape index (κ3) is 5.37. The summed E-state index contributed by atoms with van der Waals surface area (Å²) in [4.78, 5) is 1.46. The van der Waals surface area contributed by atoms with E-state index in [4.69, 9.17) is 4.74 Å². The van der Waals surface area contributed by atoms with Gasteiger partial charge in [0.05, 0.1) is 4.01 Å². The monoisotopic (exact) mass is 327 g/mol. The summed E-state index contributed by atoms with van der Waals surface area (Å²) in [5.74, 6) is 0. The van der Waals surface area contributed by atoms with Crippen molar-refractivity contribution in [1.29, 1.82) is 0 Å². The van der Waals surface area contributed by atoms with E-state index in [-0.39, 0.29) is 14.9 Å². The van der Waals surface area contributed by atoms with Crippen molar-refractivity contribution < 1.29 is 4.74 Å². The molecule has 1 unspecified atom stereocenters. The summed E-state index contributed by atoms with van der Waals surface area (Å²) in [7, 11) is 0. The molecule has 4 heteroatoms. The highest BCUT2D eigenvalue weighted by molar-refractivity contribution is 7.37. The van der Waals surface area contributed by atoms with Crippen LogP contribution in [0.15, 0.2) is 17.5 Å². The van der Waals surface area contributed by atoms with E-state index in [1.54, 1.807) is 0 Å². The van der Waals surface area contributed by atoms with Crippen LogP contribution in [0.2, 0.25) is 0 Å². The lowest BCUT2D eigenvalue weighted by atomic mass is 10.1. The molecule has 1 fully saturated rings. The minimum Gasteiger partial charge on any atom is -0.381 e. The predicted molar refractivity (Wildman–Crippen MR) is 97.7 cm³/mol. The Kier molecular flexibility index (Phi) is 8.49. The molecular weight excluding hydrogens is 298 g/mol. The average Bonchev–Trinajstić information content (AvgIpc) is 3.00. The van der Waals surface area contributed by atoms with Crippen LogP contribution in [0.3, 0.4) is 0 Å². The second-order valence-corrected chi connectivity index (χ2v) is 7.52. The van der Waals surface area contributed by atoms with Gasteiger partial charge >= 0.3 is 0 Å². The molecule has 2 aromatic heterocycles. The van der Waals surface area contributed by atoms with Crippen molar-refractivity contribution in [2.45, 2.75) is 59.5 Å². The Morgan fingerprint density at radius 1 is 1.14 bits per heavy atom. The topological polar surface area (TPSA) is 21.3 Å². The van der Waals surface area contributed by atoms with Crippen LogP contribution in [0.1, 0.15) is 51.8 Å². The van der Waals surface area contributed by atoms with Gasteiger partial charge in [-0.3, -0.25) is 0 Å². The number of hydrogen-bond acceptors (Lipinski definition) is 4. The molecule has 0 saturated carbocycles. The quantitative estimate of drug-likeness (QED) is 0.783. The standard InChI is InChI=1S/C15H21NOS2.2CH4/c1-2-4-13(5-8-17-7-3-1)16-11-14-10-12-6-9-18-15(12)19-14;;/h6,9-10,13,16H,1-5,7-8,11H2;2*1H4. The molecular formula is C17H29NOS2. The van der Waals surface area contributed by atoms with Crippen molar-refractivity contribution in [2.24, 2.45) is 0 Å². The largest absolute Gasteiger partial charge is 0.381 e. The molecule has 1 atom stereocenters. The third-order valence-electron chi connectivity index (χ3n) is 3.72. The van der Waals surface area contributed by atoms with Gasteiger partial charge in [0, 0.05) is 36.1 Å². The smallest absolute Gasteiger partial charge is 0.0868 e. The maximum atomic E-state index is 5.64. The summed E-state index contributed by atoms with van der Waals surface area (Å²) in [6.07, 6.45) is 6.32. The minimum atomic E-state index is 0. The van der Waals surface area contributed by atoms with E-state index in [0.29, 0.717) is 6.04 Å². The Morgan fingerprint density at radius 2 is 2.05 bits per heavy atom. The van der Waals surface area contributed by atoms with Crippen LogP contribution in [0.4, 0.5) is 0 Å². The number of hydrogen-bond donors (Lipinski definition) is 1. The Balaban J connectivity index is 0.00000110. The molecule has 1 saturated heterocycles. The van der Waals surface area contributed by atoms with E-state index in [0.717, 1.165) is 26.2 Å². The molecule has 0 bridgehead atoms. The number of rotatable bonds is 3. The molecule has 1 N–H and O–H groups in total. The summed E-state index contributed by atoms with van der Waals surface area (Å²) >= 11 is 3.78. The van der Waals surface area contributed by atoms with Crippen LogP contribution < -0.4 is 5.32 Å². The van der Waals surface area contributed by atoms with Gasteiger partial charge in [0.15, 0.2) is 0 Å². The van der Waals surface area contributed by atoms with Gasteiger partial charge in [-0.05, 0) is 36.8 Å². The second kappa shape index (κ2) is 9.57. The molecule has 3 rings (SSSR count). The molecule has 1 aliphatic rings. The first-order valence-corrected chi connectivity index (χ1v) is 8.88. The average molecular weight is 328 g/mol. The SMILES string of the molecule is C.C.c1cc2cc(CNC3CCCCCOCC3)sc2s1. The van der Waals surface area contributed by atoms with Gasteiger partial charge in [0.2, 0.25) is 0 Å². The molecule has 2 aromatic rings. The van der Waals surface area contributed by atoms with Crippen molar-refractivity contribution in [3.05, 3.63) is 22.4 Å². The molecule has 0 aromatic carbocycles. The first-order chi connectivity index (χ1) is 9.42. The first kappa shape index (κ1) is 18.6. The molecule has 0 amide bonds. The molecule has 21 heavy (non-hydrogen) atoms. The second-order valence-electron chi connectivity index (χ2n) is 5.20. The highest BCUT2D eigenvalue weighted by Gasteiger charge is 2.11. The number of nitrogens with one attached hydrogen (secondary N) is 1. The van der Waals surface area contributed by atoms with E-state index < -0.39 is 0 Å². The van der Waals surface area contributed by atoms with Crippen molar-refractivity contribution >= 4 is 32.1 Å². The van der Waals surface area contributed by atoms with Gasteiger partial charge < -0.3 is 10.1 Å². The van der Waals surface area contributed by atoms with Crippen LogP contribution in [0, 0.1) is 0 Å². The van der Waals surface area contributed by atoms with Gasteiger partial charge in [0.1, 0.15) is 0 Å². The van der Waals surface area contributed by atoms with Crippen molar-refractivity contribution in [3.63, 3.8) is 0 Å². The summed E-state index contributed by atoms with van der Waals surface area (Å²) in [6, 6.07) is 5.17. The highest BCUT2D eigenvalue weighted by atomic mass is 32.2. The van der Waals surface area contributed by atoms with Crippen LogP contribution in [-0.4, -0.2) is 19.3 Å². The predicted octanol–water partition coefficient (Wildman–Crippen LogP) is 5.67. The molecule has 3 heterocycles. The van der Waals surface area contributed by atoms with E-state index in [1.807, 2.05) is 22.7 Å². The van der Waals surface area contributed by atoms with Crippen molar-refractivity contribution in [3.8, 4) is 0 Å². The zero-order valence-electron chi connectivity index (χ0n) is 11.2. The lowest BCUT2D eigenvalue weighted by Gasteiger charge is -2.17. The Hall–Kier alpha value is -0.420. The number of ether oxygens (including phenoxy) is 1. The summed E-state index contributed by atoms with van der Waals surface area (Å²) in [5.41, 5.74) is 0. The Morgan fingerprint density at radius 3 is 2.90 bits per heavy atom. The van der Waals surface area contributed by atoms with Gasteiger partial charge in [-0.2, -0.15) is 0 Å². The fourth-order valence-corrected chi connectivity index (χ4v) is 4.70. The Bertz CT molecular complexity index is 467. The maximum absolute atomic E-state index is 5.64. The third-order valence-corrected chi connectivity index (χ3v) is 5.92. The van der Waals surface area contributed by atoms with Gasteiger partial charge in [-0.15, -0.1) is 22.7 Å². The first-order valence-electron chi connectivity index (χ1n) is 7.19. The van der Waals surface area contributed by atoms with Gasteiger partial charge in [-0.25, -0.2) is 0 Å². The van der Waals surface area contributed by atoms with Crippen LogP contribution >= 0.6 is 22.7 Å². The van der Waals surface area contributed by atoms with E-state index in [9.17, 15) is 0 Å². The van der Waals surface area contributed by atoms with Crippen LogP contribution in [0.5, 0.6) is 0 Å². The lowest BCUT2D eigenvalue weighted by molar-refractivity contribution is 0.125. The summed E-state index contributed by atoms with van der Waals surface area (Å²) in [6.45, 7) is 2.88. The van der Waals surface area contributed by atoms with Crippen molar-refractivity contribution in [1.82, 2.24) is 5.32 Å². The lowest BCUT2D eigenvalue weighted by Crippen LogP contribution is -2.29. The number of thiophene rings is 2. The summed E-state index contributed by atoms with van der Waals surface area (Å²) in [5, 5.41) is 7.30. The highest BCUT2D eigenvalue weighted by Crippen LogP contribution is 2.30. The fraction of sp³-hybridized carbons (Fsp3) is 0.647. The zero-order valence-corrected chi connectivity index (χ0v) is 12.8. The van der Waals surface area contributed by atoms with Crippen LogP contribution in [-0.2, 0) is 11.3 Å². The fourth-order valence-electron chi connectivity index (χ4n) is 2.60. The van der Waals surface area contributed by atoms with Crippen molar-refractivity contribution in [2.75, 3.05) is 13.2 Å². The van der Waals surface area contributed by atoms with Crippen LogP contribution in [0.25, 0.3) is 9.40 Å². The van der Waals surface area contributed by atoms with E-state index >= 15 is 0 Å². The normalized spacial score (nSPS) is 19.9. The van der Waals surface area contributed by atoms with E-state index in [2.05, 4.69) is 22.8 Å². The summed E-state index contributed by atoms with van der Waals surface area (Å²) < 4.78 is 7.09.